The average molecular weight is 513 g/mol. The molecule has 4 saturated carbocycles. The predicted octanol–water partition coefficient (Wildman–Crippen LogP) is 9.48. The largest absolute Gasteiger partial charge is 0.289 e. The van der Waals surface area contributed by atoms with Crippen LogP contribution in [-0.4, -0.2) is 11.6 Å². The number of rotatable bonds is 4. The first-order valence-electron chi connectivity index (χ1n) is 16.4. The first-order chi connectivity index (χ1) is 18.7. The molecule has 6 aliphatic rings. The molecule has 0 radical (unpaired) electrons. The number of carbonyl (C=O) groups is 2. The molecule has 0 N–H and O–H groups in total. The average Bonchev–Trinajstić information content (AvgIpc) is 2.99. The molecule has 2 nitrogen and oxygen atoms in total. The number of carbonyl (C=O) groups excluding carboxylic acids is 2. The normalized spacial score (nSPS) is 27.7. The van der Waals surface area contributed by atoms with Crippen LogP contribution in [0.25, 0.3) is 0 Å². The minimum Gasteiger partial charge on any atom is -0.289 e. The summed E-state index contributed by atoms with van der Waals surface area (Å²) in [6.07, 6.45) is 33.5. The summed E-state index contributed by atoms with van der Waals surface area (Å²) in [5.41, 5.74) is 6.80. The summed E-state index contributed by atoms with van der Waals surface area (Å²) in [7, 11) is 0. The number of hydrogen-bond acceptors (Lipinski definition) is 2. The van der Waals surface area contributed by atoms with Gasteiger partial charge in [-0.15, -0.1) is 0 Å². The van der Waals surface area contributed by atoms with Crippen LogP contribution >= 0.6 is 0 Å². The zero-order chi connectivity index (χ0) is 25.9. The lowest BCUT2D eigenvalue weighted by molar-refractivity contribution is -0.114. The molecule has 0 unspecified atom stereocenters. The van der Waals surface area contributed by atoms with E-state index in [1.165, 1.54) is 88.2 Å². The Morgan fingerprint density at radius 3 is 0.763 bits per heavy atom. The van der Waals surface area contributed by atoms with Crippen LogP contribution in [0, 0.1) is 23.7 Å². The van der Waals surface area contributed by atoms with Crippen molar-refractivity contribution in [1.82, 2.24) is 0 Å². The molecule has 2 heteroatoms. The number of hydrogen-bond donors (Lipinski definition) is 0. The molecule has 6 aliphatic carbocycles. The third kappa shape index (κ3) is 5.52. The van der Waals surface area contributed by atoms with Crippen molar-refractivity contribution < 1.29 is 9.59 Å². The summed E-state index contributed by atoms with van der Waals surface area (Å²) in [6, 6.07) is 0. The molecule has 6 rings (SSSR count). The Hall–Kier alpha value is -1.96. The van der Waals surface area contributed by atoms with Gasteiger partial charge in [-0.3, -0.25) is 9.59 Å². The monoisotopic (exact) mass is 512 g/mol. The highest BCUT2D eigenvalue weighted by Crippen LogP contribution is 2.43. The molecule has 38 heavy (non-hydrogen) atoms. The van der Waals surface area contributed by atoms with E-state index in [0.717, 1.165) is 73.7 Å². The van der Waals surface area contributed by atoms with Gasteiger partial charge in [-0.25, -0.2) is 0 Å². The maximum atomic E-state index is 14.0. The van der Waals surface area contributed by atoms with Crippen molar-refractivity contribution in [3.05, 3.63) is 57.7 Å². The summed E-state index contributed by atoms with van der Waals surface area (Å²) in [6.45, 7) is 0. The van der Waals surface area contributed by atoms with Crippen molar-refractivity contribution in [2.45, 2.75) is 128 Å². The fourth-order valence-electron chi connectivity index (χ4n) is 8.55. The molecule has 0 aromatic carbocycles. The van der Waals surface area contributed by atoms with Crippen molar-refractivity contribution in [2.24, 2.45) is 23.7 Å². The van der Waals surface area contributed by atoms with Crippen LogP contribution in [0.2, 0.25) is 0 Å². The quantitative estimate of drug-likeness (QED) is 0.376. The third-order valence-electron chi connectivity index (χ3n) is 10.8. The third-order valence-corrected chi connectivity index (χ3v) is 10.8. The standard InChI is InChI=1S/C36H48O2/c37-35-31(25-13-5-1-6-14-25)21-29(22-32(35)26-15-7-2-8-16-26)30-23-33(27-17-9-3-10-18-27)36(38)34(24-30)28-19-11-4-12-20-28/h21-28H,1-20H2. The number of allylic oxidation sites excluding steroid dienone is 10. The van der Waals surface area contributed by atoms with E-state index in [0.29, 0.717) is 35.2 Å². The van der Waals surface area contributed by atoms with Crippen LogP contribution in [0.5, 0.6) is 0 Å². The van der Waals surface area contributed by atoms with Crippen LogP contribution in [0.1, 0.15) is 128 Å². The van der Waals surface area contributed by atoms with E-state index in [9.17, 15) is 9.59 Å². The first kappa shape index (κ1) is 26.3. The lowest BCUT2D eigenvalue weighted by Crippen LogP contribution is -2.26. The number of Topliss-reactive ketones (excluding diaryl/α,β-unsaturated/α-hetero) is 2. The first-order valence-corrected chi connectivity index (χ1v) is 16.4. The molecule has 0 bridgehead atoms. The molecule has 0 amide bonds. The minimum absolute atomic E-state index is 0.355. The van der Waals surface area contributed by atoms with Gasteiger partial charge in [-0.1, -0.05) is 77.0 Å². The van der Waals surface area contributed by atoms with Gasteiger partial charge in [0.25, 0.3) is 0 Å². The SMILES string of the molecule is O=C1C(C2CCCCC2)=CC(=C2C=C(C3CCCCC3)C(=O)C(C3CCCCC3)=C2)C=C1C1CCCCC1. The molecule has 0 aromatic heterocycles. The molecule has 0 aromatic rings. The maximum Gasteiger partial charge on any atom is 0.185 e. The Labute approximate surface area is 230 Å². The highest BCUT2D eigenvalue weighted by molar-refractivity contribution is 6.12. The molecular weight excluding hydrogens is 464 g/mol. The van der Waals surface area contributed by atoms with Crippen LogP contribution < -0.4 is 0 Å². The summed E-state index contributed by atoms with van der Waals surface area (Å²) in [5.74, 6) is 2.35. The van der Waals surface area contributed by atoms with Gasteiger partial charge in [0.15, 0.2) is 11.6 Å². The zero-order valence-electron chi connectivity index (χ0n) is 23.6. The van der Waals surface area contributed by atoms with E-state index >= 15 is 0 Å². The summed E-state index contributed by atoms with van der Waals surface area (Å²) < 4.78 is 0. The summed E-state index contributed by atoms with van der Waals surface area (Å²) >= 11 is 0. The fourth-order valence-corrected chi connectivity index (χ4v) is 8.55. The van der Waals surface area contributed by atoms with Crippen molar-refractivity contribution in [3.63, 3.8) is 0 Å². The van der Waals surface area contributed by atoms with Crippen LogP contribution in [0.4, 0.5) is 0 Å². The Morgan fingerprint density at radius 1 is 0.342 bits per heavy atom. The summed E-state index contributed by atoms with van der Waals surface area (Å²) in [4.78, 5) is 28.0. The second-order valence-corrected chi connectivity index (χ2v) is 13.3. The molecule has 0 atom stereocenters. The second kappa shape index (κ2) is 12.1. The van der Waals surface area contributed by atoms with E-state index < -0.39 is 0 Å². The Morgan fingerprint density at radius 2 is 0.553 bits per heavy atom. The maximum absolute atomic E-state index is 14.0. The smallest absolute Gasteiger partial charge is 0.185 e. The molecule has 0 aliphatic heterocycles. The molecular formula is C36H48O2. The van der Waals surface area contributed by atoms with E-state index in [1.807, 2.05) is 0 Å². The van der Waals surface area contributed by atoms with Crippen molar-refractivity contribution in [2.75, 3.05) is 0 Å². The van der Waals surface area contributed by atoms with Gasteiger partial charge < -0.3 is 0 Å². The Kier molecular flexibility index (Phi) is 8.33. The highest BCUT2D eigenvalue weighted by Gasteiger charge is 2.35. The Balaban J connectivity index is 1.46. The fraction of sp³-hybridized carbons (Fsp3) is 0.667. The van der Waals surface area contributed by atoms with Crippen molar-refractivity contribution >= 4 is 11.6 Å². The van der Waals surface area contributed by atoms with E-state index in [1.54, 1.807) is 0 Å². The molecule has 0 saturated heterocycles. The lowest BCUT2D eigenvalue weighted by Gasteiger charge is -2.33. The molecule has 4 fully saturated rings. The van der Waals surface area contributed by atoms with Crippen molar-refractivity contribution in [1.29, 1.82) is 0 Å². The predicted molar refractivity (Wildman–Crippen MR) is 156 cm³/mol. The van der Waals surface area contributed by atoms with Gasteiger partial charge in [-0.2, -0.15) is 0 Å². The number of ketones is 2. The van der Waals surface area contributed by atoms with Crippen LogP contribution in [-0.2, 0) is 9.59 Å². The van der Waals surface area contributed by atoms with Gasteiger partial charge >= 0.3 is 0 Å². The molecule has 204 valence electrons. The van der Waals surface area contributed by atoms with Gasteiger partial charge in [0.1, 0.15) is 0 Å². The van der Waals surface area contributed by atoms with Crippen LogP contribution in [0.3, 0.4) is 0 Å². The van der Waals surface area contributed by atoms with Crippen LogP contribution in [0.15, 0.2) is 57.7 Å². The van der Waals surface area contributed by atoms with E-state index in [-0.39, 0.29) is 0 Å². The second-order valence-electron chi connectivity index (χ2n) is 13.3. The molecule has 0 heterocycles. The van der Waals surface area contributed by atoms with Crippen molar-refractivity contribution in [3.8, 4) is 0 Å². The van der Waals surface area contributed by atoms with E-state index in [4.69, 9.17) is 0 Å². The summed E-state index contributed by atoms with van der Waals surface area (Å²) in [5, 5.41) is 0. The Bertz CT molecular complexity index is 902. The lowest BCUT2D eigenvalue weighted by atomic mass is 9.71. The zero-order valence-corrected chi connectivity index (χ0v) is 23.6. The minimum atomic E-state index is 0.355. The van der Waals surface area contributed by atoms with E-state index in [2.05, 4.69) is 24.3 Å². The van der Waals surface area contributed by atoms with Gasteiger partial charge in [-0.05, 0) is 110 Å². The highest BCUT2D eigenvalue weighted by atomic mass is 16.1. The van der Waals surface area contributed by atoms with Gasteiger partial charge in [0, 0.05) is 22.3 Å². The van der Waals surface area contributed by atoms with Gasteiger partial charge in [0.2, 0.25) is 0 Å². The topological polar surface area (TPSA) is 34.1 Å². The van der Waals surface area contributed by atoms with Gasteiger partial charge in [0.05, 0.1) is 0 Å². The molecule has 0 spiro atoms.